The Morgan fingerprint density at radius 2 is 2.00 bits per heavy atom. The number of carbonyl (C=O) groups is 1. The Kier molecular flexibility index (Phi) is 6.26. The van der Waals surface area contributed by atoms with E-state index in [1.54, 1.807) is 36.1 Å². The number of nitrogens with zero attached hydrogens (tertiary/aromatic N) is 3. The van der Waals surface area contributed by atoms with Crippen LogP contribution < -0.4 is 10.0 Å². The number of aryl methyl sites for hydroxylation is 1. The molecule has 2 aromatic heterocycles. The van der Waals surface area contributed by atoms with E-state index in [4.69, 9.17) is 11.6 Å². The van der Waals surface area contributed by atoms with Crippen LogP contribution in [0.3, 0.4) is 0 Å². The van der Waals surface area contributed by atoms with Crippen LogP contribution in [0.25, 0.3) is 0 Å². The quantitative estimate of drug-likeness (QED) is 0.588. The predicted octanol–water partition coefficient (Wildman–Crippen LogP) is 2.02. The minimum absolute atomic E-state index is 0.103. The third-order valence-electron chi connectivity index (χ3n) is 4.08. The molecule has 3 rings (SSSR count). The molecule has 3 aromatic rings. The van der Waals surface area contributed by atoms with Gasteiger partial charge in [0.05, 0.1) is 40.0 Å². The second-order valence-electron chi connectivity index (χ2n) is 6.07. The molecule has 0 aliphatic heterocycles. The van der Waals surface area contributed by atoms with E-state index < -0.39 is 15.8 Å². The van der Waals surface area contributed by atoms with Crippen molar-refractivity contribution in [3.63, 3.8) is 0 Å². The van der Waals surface area contributed by atoms with Crippen molar-refractivity contribution in [1.29, 1.82) is 0 Å². The second kappa shape index (κ2) is 8.68. The highest BCUT2D eigenvalue weighted by molar-refractivity contribution is 7.89. The van der Waals surface area contributed by atoms with Crippen molar-refractivity contribution in [1.82, 2.24) is 24.8 Å². The molecule has 0 unspecified atom stereocenters. The molecule has 0 aliphatic carbocycles. The summed E-state index contributed by atoms with van der Waals surface area (Å²) in [6, 6.07) is 8.01. The summed E-state index contributed by atoms with van der Waals surface area (Å²) in [4.78, 5) is 16.1. The van der Waals surface area contributed by atoms with E-state index in [1.165, 1.54) is 6.20 Å². The summed E-state index contributed by atoms with van der Waals surface area (Å²) in [6.45, 7) is 0.214. The Labute approximate surface area is 171 Å². The number of aromatic nitrogens is 3. The van der Waals surface area contributed by atoms with Gasteiger partial charge in [0.25, 0.3) is 5.91 Å². The number of halogens is 2. The van der Waals surface area contributed by atoms with Crippen LogP contribution >= 0.6 is 11.6 Å². The van der Waals surface area contributed by atoms with E-state index >= 15 is 0 Å². The minimum Gasteiger partial charge on any atom is -0.346 e. The maximum absolute atomic E-state index is 13.2. The van der Waals surface area contributed by atoms with Gasteiger partial charge >= 0.3 is 0 Å². The average molecular weight is 438 g/mol. The molecular formula is C18H17ClFN5O3S. The number of benzene rings is 1. The zero-order chi connectivity index (χ0) is 21.0. The topological polar surface area (TPSA) is 106 Å². The summed E-state index contributed by atoms with van der Waals surface area (Å²) in [6.07, 6.45) is 3.00. The highest BCUT2D eigenvalue weighted by Gasteiger charge is 2.16. The molecule has 0 radical (unpaired) electrons. The van der Waals surface area contributed by atoms with Gasteiger partial charge in [0.15, 0.2) is 0 Å². The van der Waals surface area contributed by atoms with Crippen molar-refractivity contribution in [3.8, 4) is 0 Å². The Morgan fingerprint density at radius 3 is 2.62 bits per heavy atom. The lowest BCUT2D eigenvalue weighted by molar-refractivity contribution is 0.0949. The Balaban J connectivity index is 1.59. The summed E-state index contributed by atoms with van der Waals surface area (Å²) in [7, 11) is -2.11. The van der Waals surface area contributed by atoms with Gasteiger partial charge in [-0.15, -0.1) is 0 Å². The number of hydrogen-bond donors (Lipinski definition) is 2. The summed E-state index contributed by atoms with van der Waals surface area (Å²) < 4.78 is 41.8. The van der Waals surface area contributed by atoms with E-state index in [1.807, 2.05) is 0 Å². The fourth-order valence-corrected chi connectivity index (χ4v) is 3.68. The number of pyridine rings is 1. The van der Waals surface area contributed by atoms with Crippen LogP contribution in [-0.2, 0) is 30.2 Å². The number of rotatable bonds is 7. The molecule has 152 valence electrons. The van der Waals surface area contributed by atoms with Gasteiger partial charge in [-0.3, -0.25) is 14.5 Å². The standard InChI is InChI=1S/C18H17ClFN5O3S/c1-25-14(6-7-23-25)11-22-18(26)12-2-3-13(21-9-12)10-24-29(27,28)15-4-5-17(20)16(19)8-15/h2-9,24H,10-11H2,1H3,(H,22,26). The van der Waals surface area contributed by atoms with Gasteiger partial charge in [0, 0.05) is 19.4 Å². The van der Waals surface area contributed by atoms with Crippen LogP contribution in [0.1, 0.15) is 21.7 Å². The van der Waals surface area contributed by atoms with Crippen LogP contribution in [0.4, 0.5) is 4.39 Å². The van der Waals surface area contributed by atoms with Crippen LogP contribution in [0, 0.1) is 5.82 Å². The molecule has 0 aliphatic rings. The van der Waals surface area contributed by atoms with Crippen molar-refractivity contribution in [2.24, 2.45) is 7.05 Å². The third kappa shape index (κ3) is 5.17. The van der Waals surface area contributed by atoms with Gasteiger partial charge in [0.2, 0.25) is 10.0 Å². The second-order valence-corrected chi connectivity index (χ2v) is 8.24. The molecule has 2 N–H and O–H groups in total. The van der Waals surface area contributed by atoms with Crippen molar-refractivity contribution >= 4 is 27.5 Å². The molecule has 1 aromatic carbocycles. The van der Waals surface area contributed by atoms with Gasteiger partial charge in [-0.25, -0.2) is 17.5 Å². The lowest BCUT2D eigenvalue weighted by Gasteiger charge is -2.08. The van der Waals surface area contributed by atoms with E-state index in [0.29, 0.717) is 17.8 Å². The van der Waals surface area contributed by atoms with Crippen molar-refractivity contribution in [3.05, 3.63) is 76.6 Å². The lowest BCUT2D eigenvalue weighted by atomic mass is 10.2. The van der Waals surface area contributed by atoms with Crippen molar-refractivity contribution < 1.29 is 17.6 Å². The molecule has 8 nitrogen and oxygen atoms in total. The minimum atomic E-state index is -3.89. The SMILES string of the molecule is Cn1nccc1CNC(=O)c1ccc(CNS(=O)(=O)c2ccc(F)c(Cl)c2)nc1. The van der Waals surface area contributed by atoms with Crippen molar-refractivity contribution in [2.45, 2.75) is 18.0 Å². The monoisotopic (exact) mass is 437 g/mol. The van der Waals surface area contributed by atoms with E-state index in [-0.39, 0.29) is 22.4 Å². The molecule has 1 amide bonds. The van der Waals surface area contributed by atoms with Crippen LogP contribution in [0.5, 0.6) is 0 Å². The number of nitrogens with one attached hydrogen (secondary N) is 2. The first-order chi connectivity index (χ1) is 13.8. The molecule has 0 fully saturated rings. The van der Waals surface area contributed by atoms with E-state index in [0.717, 1.165) is 23.9 Å². The first kappa shape index (κ1) is 20.9. The molecule has 2 heterocycles. The number of carbonyl (C=O) groups excluding carboxylic acids is 1. The predicted molar refractivity (Wildman–Crippen MR) is 104 cm³/mol. The normalized spacial score (nSPS) is 11.4. The van der Waals surface area contributed by atoms with Crippen molar-refractivity contribution in [2.75, 3.05) is 0 Å². The smallest absolute Gasteiger partial charge is 0.253 e. The Morgan fingerprint density at radius 1 is 1.21 bits per heavy atom. The maximum Gasteiger partial charge on any atom is 0.253 e. The fraction of sp³-hybridized carbons (Fsp3) is 0.167. The number of amides is 1. The summed E-state index contributed by atoms with van der Waals surface area (Å²) in [5, 5.41) is 6.49. The zero-order valence-corrected chi connectivity index (χ0v) is 16.8. The maximum atomic E-state index is 13.2. The lowest BCUT2D eigenvalue weighted by Crippen LogP contribution is -2.25. The number of sulfonamides is 1. The third-order valence-corrected chi connectivity index (χ3v) is 5.77. The average Bonchev–Trinajstić information content (AvgIpc) is 3.12. The first-order valence-corrected chi connectivity index (χ1v) is 10.3. The molecule has 0 bridgehead atoms. The molecule has 0 atom stereocenters. The molecule has 0 saturated heterocycles. The van der Waals surface area contributed by atoms with Gasteiger partial charge in [0.1, 0.15) is 5.82 Å². The van der Waals surface area contributed by atoms with Crippen LogP contribution in [0.2, 0.25) is 5.02 Å². The molecule has 29 heavy (non-hydrogen) atoms. The highest BCUT2D eigenvalue weighted by atomic mass is 35.5. The van der Waals surface area contributed by atoms with Gasteiger partial charge < -0.3 is 5.32 Å². The van der Waals surface area contributed by atoms with Crippen LogP contribution in [0.15, 0.2) is 53.7 Å². The van der Waals surface area contributed by atoms with Gasteiger partial charge in [-0.1, -0.05) is 11.6 Å². The van der Waals surface area contributed by atoms with Gasteiger partial charge in [-0.05, 0) is 36.4 Å². The fourth-order valence-electron chi connectivity index (χ4n) is 2.41. The summed E-state index contributed by atoms with van der Waals surface area (Å²) >= 11 is 5.63. The molecule has 11 heteroatoms. The highest BCUT2D eigenvalue weighted by Crippen LogP contribution is 2.19. The van der Waals surface area contributed by atoms with Crippen LogP contribution in [-0.4, -0.2) is 29.1 Å². The summed E-state index contributed by atoms with van der Waals surface area (Å²) in [5.41, 5.74) is 1.59. The molecule has 0 spiro atoms. The van der Waals surface area contributed by atoms with E-state index in [2.05, 4.69) is 20.1 Å². The van der Waals surface area contributed by atoms with Gasteiger partial charge in [-0.2, -0.15) is 5.10 Å². The largest absolute Gasteiger partial charge is 0.346 e. The molecule has 0 saturated carbocycles. The zero-order valence-electron chi connectivity index (χ0n) is 15.3. The van der Waals surface area contributed by atoms with E-state index in [9.17, 15) is 17.6 Å². The Bertz CT molecular complexity index is 1130. The number of hydrogen-bond acceptors (Lipinski definition) is 5. The first-order valence-electron chi connectivity index (χ1n) is 8.41. The molecular weight excluding hydrogens is 421 g/mol. The summed E-state index contributed by atoms with van der Waals surface area (Å²) in [5.74, 6) is -1.02. The Hall–Kier alpha value is -2.82.